The maximum absolute atomic E-state index is 6.15. The number of hydrogen-bond donors (Lipinski definition) is 0. The molecule has 3 rings (SSSR count). The highest BCUT2D eigenvalue weighted by Gasteiger charge is 2.22. The van der Waals surface area contributed by atoms with Gasteiger partial charge >= 0.3 is 0 Å². The summed E-state index contributed by atoms with van der Waals surface area (Å²) in [5.41, 5.74) is 2.01. The van der Waals surface area contributed by atoms with Crippen LogP contribution in [0.5, 0.6) is 11.5 Å². The molecule has 1 fully saturated rings. The van der Waals surface area contributed by atoms with Crippen LogP contribution in [-0.4, -0.2) is 55.1 Å². The molecule has 26 heavy (non-hydrogen) atoms. The van der Waals surface area contributed by atoms with E-state index in [1.165, 1.54) is 0 Å². The third kappa shape index (κ3) is 4.55. The number of methoxy groups -OCH3 is 1. The SMILES string of the molecule is COc1cccc(C(=S)N2CCN(C)CC2)c1OCc1ccc(Br)cc1. The van der Waals surface area contributed by atoms with Crippen molar-refractivity contribution in [3.8, 4) is 11.5 Å². The van der Waals surface area contributed by atoms with Gasteiger partial charge in [0, 0.05) is 30.7 Å². The van der Waals surface area contributed by atoms with Crippen molar-refractivity contribution in [2.24, 2.45) is 0 Å². The number of piperazine rings is 1. The summed E-state index contributed by atoms with van der Waals surface area (Å²) in [7, 11) is 3.79. The van der Waals surface area contributed by atoms with E-state index in [1.54, 1.807) is 7.11 Å². The molecule has 0 N–H and O–H groups in total. The number of benzene rings is 2. The van der Waals surface area contributed by atoms with Gasteiger partial charge in [-0.25, -0.2) is 0 Å². The lowest BCUT2D eigenvalue weighted by Crippen LogP contribution is -2.46. The van der Waals surface area contributed by atoms with Gasteiger partial charge in [0.2, 0.25) is 0 Å². The normalized spacial score (nSPS) is 15.0. The van der Waals surface area contributed by atoms with Gasteiger partial charge in [-0.15, -0.1) is 0 Å². The van der Waals surface area contributed by atoms with Crippen molar-refractivity contribution >= 4 is 33.1 Å². The molecule has 4 nitrogen and oxygen atoms in total. The molecule has 0 unspecified atom stereocenters. The second-order valence-corrected chi connectivity index (χ2v) is 7.65. The van der Waals surface area contributed by atoms with E-state index in [4.69, 9.17) is 21.7 Å². The van der Waals surface area contributed by atoms with Crippen LogP contribution in [0.4, 0.5) is 0 Å². The van der Waals surface area contributed by atoms with Crippen molar-refractivity contribution in [3.05, 3.63) is 58.1 Å². The Morgan fingerprint density at radius 2 is 1.77 bits per heavy atom. The zero-order valence-corrected chi connectivity index (χ0v) is 17.5. The fraction of sp³-hybridized carbons (Fsp3) is 0.350. The third-order valence-electron chi connectivity index (χ3n) is 4.52. The molecule has 2 aromatic rings. The average Bonchev–Trinajstić information content (AvgIpc) is 2.67. The number of nitrogens with zero attached hydrogens (tertiary/aromatic N) is 2. The Labute approximate surface area is 168 Å². The molecule has 0 bridgehead atoms. The van der Waals surface area contributed by atoms with Crippen LogP contribution in [0.15, 0.2) is 46.9 Å². The minimum Gasteiger partial charge on any atom is -0.493 e. The first-order valence-corrected chi connectivity index (χ1v) is 9.80. The van der Waals surface area contributed by atoms with Crippen LogP contribution in [0.2, 0.25) is 0 Å². The summed E-state index contributed by atoms with van der Waals surface area (Å²) < 4.78 is 12.7. The maximum Gasteiger partial charge on any atom is 0.171 e. The van der Waals surface area contributed by atoms with E-state index in [2.05, 4.69) is 32.8 Å². The largest absolute Gasteiger partial charge is 0.493 e. The minimum atomic E-state index is 0.464. The van der Waals surface area contributed by atoms with Crippen LogP contribution in [0.3, 0.4) is 0 Å². The van der Waals surface area contributed by atoms with Gasteiger partial charge in [0.15, 0.2) is 11.5 Å². The summed E-state index contributed by atoms with van der Waals surface area (Å²) >= 11 is 9.24. The lowest BCUT2D eigenvalue weighted by molar-refractivity contribution is 0.217. The smallest absolute Gasteiger partial charge is 0.171 e. The Hall–Kier alpha value is -1.63. The van der Waals surface area contributed by atoms with Crippen LogP contribution in [0, 0.1) is 0 Å². The molecule has 0 atom stereocenters. The molecule has 0 amide bonds. The number of para-hydroxylation sites is 1. The van der Waals surface area contributed by atoms with Crippen molar-refractivity contribution in [1.29, 1.82) is 0 Å². The quantitative estimate of drug-likeness (QED) is 0.663. The van der Waals surface area contributed by atoms with Gasteiger partial charge in [-0.3, -0.25) is 0 Å². The average molecular weight is 435 g/mol. The Bertz CT molecular complexity index is 759. The Morgan fingerprint density at radius 1 is 1.08 bits per heavy atom. The van der Waals surface area contributed by atoms with Gasteiger partial charge in [0.25, 0.3) is 0 Å². The fourth-order valence-electron chi connectivity index (χ4n) is 2.91. The highest BCUT2D eigenvalue weighted by Crippen LogP contribution is 2.33. The van der Waals surface area contributed by atoms with Crippen molar-refractivity contribution in [2.45, 2.75) is 6.61 Å². The van der Waals surface area contributed by atoms with Crippen LogP contribution in [0.1, 0.15) is 11.1 Å². The lowest BCUT2D eigenvalue weighted by Gasteiger charge is -2.34. The van der Waals surface area contributed by atoms with Crippen LogP contribution in [0.25, 0.3) is 0 Å². The number of rotatable bonds is 5. The molecule has 0 aromatic heterocycles. The predicted octanol–water partition coefficient (Wildman–Crippen LogP) is 3.96. The minimum absolute atomic E-state index is 0.464. The van der Waals surface area contributed by atoms with E-state index in [9.17, 15) is 0 Å². The van der Waals surface area contributed by atoms with Gasteiger partial charge in [-0.05, 0) is 36.9 Å². The van der Waals surface area contributed by atoms with E-state index in [0.717, 1.165) is 46.8 Å². The monoisotopic (exact) mass is 434 g/mol. The Balaban J connectivity index is 1.81. The summed E-state index contributed by atoms with van der Waals surface area (Å²) in [6, 6.07) is 14.0. The van der Waals surface area contributed by atoms with E-state index >= 15 is 0 Å². The second-order valence-electron chi connectivity index (χ2n) is 6.35. The molecule has 0 spiro atoms. The number of thiocarbonyl (C=S) groups is 1. The number of likely N-dealkylation sites (N-methyl/N-ethyl adjacent to an activating group) is 1. The summed E-state index contributed by atoms with van der Waals surface area (Å²) in [5, 5.41) is 0. The number of hydrogen-bond acceptors (Lipinski definition) is 4. The Morgan fingerprint density at radius 3 is 2.42 bits per heavy atom. The van der Waals surface area contributed by atoms with Gasteiger partial charge < -0.3 is 19.3 Å². The third-order valence-corrected chi connectivity index (χ3v) is 5.52. The van der Waals surface area contributed by atoms with Crippen LogP contribution in [-0.2, 0) is 6.61 Å². The molecule has 1 heterocycles. The number of halogens is 1. The molecule has 6 heteroatoms. The van der Waals surface area contributed by atoms with Gasteiger partial charge in [0.05, 0.1) is 12.7 Å². The van der Waals surface area contributed by atoms with Gasteiger partial charge in [-0.2, -0.15) is 0 Å². The zero-order chi connectivity index (χ0) is 18.5. The summed E-state index contributed by atoms with van der Waals surface area (Å²) in [4.78, 5) is 5.38. The lowest BCUT2D eigenvalue weighted by atomic mass is 10.1. The molecule has 0 aliphatic carbocycles. The van der Waals surface area contributed by atoms with Crippen LogP contribution < -0.4 is 9.47 Å². The van der Waals surface area contributed by atoms with E-state index in [0.29, 0.717) is 18.1 Å². The molecular weight excluding hydrogens is 412 g/mol. The molecule has 138 valence electrons. The fourth-order valence-corrected chi connectivity index (χ4v) is 3.52. The molecule has 2 aromatic carbocycles. The molecule has 1 saturated heterocycles. The van der Waals surface area contributed by atoms with Gasteiger partial charge in [-0.1, -0.05) is 46.3 Å². The standard InChI is InChI=1S/C20H23BrN2O2S/c1-22-10-12-23(13-11-22)20(26)17-4-3-5-18(24-2)19(17)25-14-15-6-8-16(21)9-7-15/h3-9H,10-14H2,1-2H3. The highest BCUT2D eigenvalue weighted by molar-refractivity contribution is 9.10. The molecule has 1 aliphatic rings. The first kappa shape index (κ1) is 19.1. The van der Waals surface area contributed by atoms with E-state index in [-0.39, 0.29) is 0 Å². The van der Waals surface area contributed by atoms with E-state index < -0.39 is 0 Å². The molecule has 0 saturated carbocycles. The first-order chi connectivity index (χ1) is 12.6. The van der Waals surface area contributed by atoms with Crippen molar-refractivity contribution < 1.29 is 9.47 Å². The molecule has 1 aliphatic heterocycles. The van der Waals surface area contributed by atoms with Crippen molar-refractivity contribution in [2.75, 3.05) is 40.3 Å². The summed E-state index contributed by atoms with van der Waals surface area (Å²) in [6.07, 6.45) is 0. The van der Waals surface area contributed by atoms with Gasteiger partial charge in [0.1, 0.15) is 11.6 Å². The number of ether oxygens (including phenoxy) is 2. The second kappa shape index (κ2) is 8.84. The maximum atomic E-state index is 6.15. The topological polar surface area (TPSA) is 24.9 Å². The molecular formula is C20H23BrN2O2S. The first-order valence-electron chi connectivity index (χ1n) is 8.60. The highest BCUT2D eigenvalue weighted by atomic mass is 79.9. The van der Waals surface area contributed by atoms with Crippen molar-refractivity contribution in [1.82, 2.24) is 9.80 Å². The summed E-state index contributed by atoms with van der Waals surface area (Å²) in [5.74, 6) is 1.41. The van der Waals surface area contributed by atoms with Crippen molar-refractivity contribution in [3.63, 3.8) is 0 Å². The Kier molecular flexibility index (Phi) is 6.51. The van der Waals surface area contributed by atoms with Crippen LogP contribution >= 0.6 is 28.1 Å². The predicted molar refractivity (Wildman–Crippen MR) is 112 cm³/mol. The van der Waals surface area contributed by atoms with E-state index in [1.807, 2.05) is 42.5 Å². The zero-order valence-electron chi connectivity index (χ0n) is 15.1. The molecule has 0 radical (unpaired) electrons. The summed E-state index contributed by atoms with van der Waals surface area (Å²) in [6.45, 7) is 4.35.